The van der Waals surface area contributed by atoms with Gasteiger partial charge in [-0.2, -0.15) is 0 Å². The molecule has 0 spiro atoms. The number of hydrogen-bond acceptors (Lipinski definition) is 7. The molecule has 2 amide bonds. The minimum Gasteiger partial charge on any atom is -0.454 e. The van der Waals surface area contributed by atoms with Crippen molar-refractivity contribution in [2.75, 3.05) is 19.1 Å². The molecule has 0 N–H and O–H groups in total. The molecule has 5 rings (SSSR count). The third-order valence-corrected chi connectivity index (χ3v) is 5.65. The van der Waals surface area contributed by atoms with E-state index < -0.39 is 0 Å². The van der Waals surface area contributed by atoms with Crippen LogP contribution in [0.3, 0.4) is 0 Å². The average Bonchev–Trinajstić information content (AvgIpc) is 3.32. The monoisotopic (exact) mass is 405 g/mol. The lowest BCUT2D eigenvalue weighted by Gasteiger charge is -2.12. The van der Waals surface area contributed by atoms with E-state index in [1.54, 1.807) is 24.3 Å². The van der Waals surface area contributed by atoms with E-state index in [1.807, 2.05) is 30.3 Å². The number of benzene rings is 2. The summed E-state index contributed by atoms with van der Waals surface area (Å²) in [5.74, 6) is 1.49. The van der Waals surface area contributed by atoms with E-state index in [1.165, 1.54) is 16.7 Å². The molecule has 2 aliphatic heterocycles. The van der Waals surface area contributed by atoms with E-state index >= 15 is 0 Å². The minimum atomic E-state index is -0.240. The number of fused-ring (bicyclic) bond motifs is 2. The van der Waals surface area contributed by atoms with Crippen molar-refractivity contribution in [2.24, 2.45) is 0 Å². The van der Waals surface area contributed by atoms with Gasteiger partial charge < -0.3 is 9.47 Å². The second kappa shape index (κ2) is 7.21. The largest absolute Gasteiger partial charge is 0.454 e. The Kier molecular flexibility index (Phi) is 4.40. The summed E-state index contributed by atoms with van der Waals surface area (Å²) < 4.78 is 10.7. The maximum absolute atomic E-state index is 12.4. The van der Waals surface area contributed by atoms with Gasteiger partial charge in [-0.25, -0.2) is 0 Å². The minimum absolute atomic E-state index is 0.229. The van der Waals surface area contributed by atoms with Gasteiger partial charge in [0.2, 0.25) is 6.79 Å². The predicted molar refractivity (Wildman–Crippen MR) is 106 cm³/mol. The van der Waals surface area contributed by atoms with Gasteiger partial charge >= 0.3 is 0 Å². The molecule has 7 nitrogen and oxygen atoms in total. The zero-order valence-corrected chi connectivity index (χ0v) is 16.0. The number of nitrogens with zero attached hydrogens (tertiary/aromatic N) is 3. The molecule has 2 aromatic carbocycles. The lowest BCUT2D eigenvalue weighted by Crippen LogP contribution is -2.31. The maximum Gasteiger partial charge on any atom is 0.261 e. The molecule has 0 fully saturated rings. The molecule has 0 radical (unpaired) electrons. The summed E-state index contributed by atoms with van der Waals surface area (Å²) in [6.45, 7) is 0.551. The lowest BCUT2D eigenvalue weighted by atomic mass is 10.1. The summed E-state index contributed by atoms with van der Waals surface area (Å²) in [6.07, 6.45) is 0. The van der Waals surface area contributed by atoms with E-state index in [-0.39, 0.29) is 18.6 Å². The Morgan fingerprint density at radius 3 is 2.38 bits per heavy atom. The van der Waals surface area contributed by atoms with Gasteiger partial charge in [-0.3, -0.25) is 14.5 Å². The highest BCUT2D eigenvalue weighted by Gasteiger charge is 2.34. The number of aromatic nitrogens is 2. The lowest BCUT2D eigenvalue weighted by molar-refractivity contribution is 0.0664. The van der Waals surface area contributed by atoms with Crippen molar-refractivity contribution in [1.82, 2.24) is 15.1 Å². The Bertz CT molecular complexity index is 1080. The van der Waals surface area contributed by atoms with Gasteiger partial charge in [0.05, 0.1) is 16.8 Å². The number of rotatable bonds is 5. The number of carbonyl (C=O) groups is 2. The number of thioether (sulfide) groups is 1. The van der Waals surface area contributed by atoms with Crippen LogP contribution in [-0.2, 0) is 0 Å². The average molecular weight is 405 g/mol. The van der Waals surface area contributed by atoms with Crippen molar-refractivity contribution in [3.05, 3.63) is 65.7 Å². The first-order valence-corrected chi connectivity index (χ1v) is 10.0. The van der Waals surface area contributed by atoms with Crippen LogP contribution in [0.5, 0.6) is 11.5 Å². The van der Waals surface area contributed by atoms with E-state index in [0.29, 0.717) is 29.2 Å². The SMILES string of the molecule is O=C1c2ccccc2C(=O)N1CCSc1ccc(-c2ccc3c(c2)OCO3)nn1. The van der Waals surface area contributed by atoms with Gasteiger partial charge in [-0.15, -0.1) is 22.0 Å². The molecule has 0 bridgehead atoms. The second-order valence-electron chi connectivity index (χ2n) is 6.48. The van der Waals surface area contributed by atoms with Crippen molar-refractivity contribution >= 4 is 23.6 Å². The summed E-state index contributed by atoms with van der Waals surface area (Å²) in [4.78, 5) is 26.0. The predicted octanol–water partition coefficient (Wildman–Crippen LogP) is 3.26. The zero-order valence-electron chi connectivity index (χ0n) is 15.2. The van der Waals surface area contributed by atoms with E-state index in [2.05, 4.69) is 10.2 Å². The molecule has 0 unspecified atom stereocenters. The molecule has 144 valence electrons. The second-order valence-corrected chi connectivity index (χ2v) is 7.60. The number of carbonyl (C=O) groups excluding carboxylic acids is 2. The third kappa shape index (κ3) is 3.21. The highest BCUT2D eigenvalue weighted by atomic mass is 32.2. The van der Waals surface area contributed by atoms with Gasteiger partial charge in [0.15, 0.2) is 11.5 Å². The summed E-state index contributed by atoms with van der Waals surface area (Å²) in [7, 11) is 0. The van der Waals surface area contributed by atoms with Crippen LogP contribution in [0.25, 0.3) is 11.3 Å². The van der Waals surface area contributed by atoms with Crippen molar-refractivity contribution in [3.63, 3.8) is 0 Å². The molecule has 0 atom stereocenters. The van der Waals surface area contributed by atoms with Gasteiger partial charge in [0, 0.05) is 17.9 Å². The quantitative estimate of drug-likeness (QED) is 0.476. The number of hydrogen-bond donors (Lipinski definition) is 0. The smallest absolute Gasteiger partial charge is 0.261 e. The molecule has 2 aliphatic rings. The van der Waals surface area contributed by atoms with E-state index in [9.17, 15) is 9.59 Å². The Labute approximate surface area is 170 Å². The van der Waals surface area contributed by atoms with Crippen LogP contribution < -0.4 is 9.47 Å². The highest BCUT2D eigenvalue weighted by Crippen LogP contribution is 2.35. The Morgan fingerprint density at radius 2 is 1.66 bits per heavy atom. The Balaban J connectivity index is 1.21. The standard InChI is InChI=1S/C21H15N3O4S/c25-20-14-3-1-2-4-15(14)21(26)24(20)9-10-29-19-8-6-16(22-23-19)13-5-7-17-18(11-13)28-12-27-17/h1-8,11H,9-10,12H2. The number of amides is 2. The van der Waals surface area contributed by atoms with Crippen molar-refractivity contribution in [3.8, 4) is 22.8 Å². The van der Waals surface area contributed by atoms with Gasteiger partial charge in [0.25, 0.3) is 11.8 Å². The topological polar surface area (TPSA) is 81.6 Å². The summed E-state index contributed by atoms with van der Waals surface area (Å²) in [5, 5.41) is 9.24. The first-order valence-electron chi connectivity index (χ1n) is 9.02. The van der Waals surface area contributed by atoms with Gasteiger partial charge in [-0.1, -0.05) is 12.1 Å². The van der Waals surface area contributed by atoms with Crippen LogP contribution in [0.15, 0.2) is 59.6 Å². The van der Waals surface area contributed by atoms with Gasteiger partial charge in [0.1, 0.15) is 5.03 Å². The summed E-state index contributed by atoms with van der Waals surface area (Å²) in [5.41, 5.74) is 2.56. The fourth-order valence-corrected chi connectivity index (χ4v) is 4.04. The van der Waals surface area contributed by atoms with Gasteiger partial charge in [-0.05, 0) is 42.5 Å². The van der Waals surface area contributed by atoms with Crippen molar-refractivity contribution < 1.29 is 19.1 Å². The highest BCUT2D eigenvalue weighted by molar-refractivity contribution is 7.99. The number of ether oxygens (including phenoxy) is 2. The molecule has 0 saturated heterocycles. The van der Waals surface area contributed by atoms with Crippen molar-refractivity contribution in [2.45, 2.75) is 5.03 Å². The molecule has 0 aliphatic carbocycles. The van der Waals surface area contributed by atoms with Crippen molar-refractivity contribution in [1.29, 1.82) is 0 Å². The molecule has 3 heterocycles. The molecule has 1 aromatic heterocycles. The number of imide groups is 1. The molecule has 29 heavy (non-hydrogen) atoms. The molecular weight excluding hydrogens is 390 g/mol. The molecule has 0 saturated carbocycles. The van der Waals surface area contributed by atoms with Crippen LogP contribution in [0.2, 0.25) is 0 Å². The molecule has 3 aromatic rings. The molecular formula is C21H15N3O4S. The Morgan fingerprint density at radius 1 is 0.897 bits per heavy atom. The van der Waals surface area contributed by atoms with E-state index in [4.69, 9.17) is 9.47 Å². The Hall–Kier alpha value is -3.39. The first-order chi connectivity index (χ1) is 14.2. The van der Waals surface area contributed by atoms with Crippen LogP contribution in [0, 0.1) is 0 Å². The van der Waals surface area contributed by atoms with Crippen LogP contribution in [0.1, 0.15) is 20.7 Å². The van der Waals surface area contributed by atoms with Crippen LogP contribution >= 0.6 is 11.8 Å². The summed E-state index contributed by atoms with van der Waals surface area (Å²) in [6, 6.07) is 16.3. The molecule has 8 heteroatoms. The third-order valence-electron chi connectivity index (χ3n) is 4.75. The van der Waals surface area contributed by atoms with E-state index in [0.717, 1.165) is 22.0 Å². The maximum atomic E-state index is 12.4. The van der Waals surface area contributed by atoms with Crippen LogP contribution in [0.4, 0.5) is 0 Å². The first kappa shape index (κ1) is 17.7. The normalized spacial score (nSPS) is 14.4. The summed E-state index contributed by atoms with van der Waals surface area (Å²) >= 11 is 1.45. The van der Waals surface area contributed by atoms with Crippen LogP contribution in [-0.4, -0.2) is 46.0 Å². The zero-order chi connectivity index (χ0) is 19.8. The fourth-order valence-electron chi connectivity index (χ4n) is 3.29. The fraction of sp³-hybridized carbons (Fsp3) is 0.143.